The molecule has 0 aliphatic heterocycles. The highest BCUT2D eigenvalue weighted by molar-refractivity contribution is 7.99. The first-order valence-corrected chi connectivity index (χ1v) is 11.6. The van der Waals surface area contributed by atoms with Crippen molar-refractivity contribution in [2.75, 3.05) is 31.0 Å². The molecule has 2 amide bonds. The summed E-state index contributed by atoms with van der Waals surface area (Å²) < 4.78 is 33.7. The summed E-state index contributed by atoms with van der Waals surface area (Å²) in [4.78, 5) is 20.5. The Morgan fingerprint density at radius 2 is 2.00 bits per heavy atom. The van der Waals surface area contributed by atoms with Crippen molar-refractivity contribution >= 4 is 44.2 Å². The van der Waals surface area contributed by atoms with Gasteiger partial charge in [0, 0.05) is 28.3 Å². The van der Waals surface area contributed by atoms with Crippen LogP contribution in [-0.4, -0.2) is 50.1 Å². The van der Waals surface area contributed by atoms with Gasteiger partial charge in [0.05, 0.1) is 18.4 Å². The van der Waals surface area contributed by atoms with Crippen LogP contribution in [0.4, 0.5) is 10.5 Å². The van der Waals surface area contributed by atoms with E-state index in [9.17, 15) is 13.2 Å². The molecular formula is C19H20N4O5S2. The molecule has 2 aromatic carbocycles. The van der Waals surface area contributed by atoms with Crippen molar-refractivity contribution in [1.82, 2.24) is 9.97 Å². The van der Waals surface area contributed by atoms with Crippen molar-refractivity contribution in [3.05, 3.63) is 42.7 Å². The number of rotatable bonds is 8. The van der Waals surface area contributed by atoms with Crippen LogP contribution in [0.15, 0.2) is 52.6 Å². The molecule has 1 heterocycles. The van der Waals surface area contributed by atoms with Crippen molar-refractivity contribution in [2.24, 2.45) is 5.73 Å². The molecule has 0 spiro atoms. The Morgan fingerprint density at radius 1 is 1.20 bits per heavy atom. The number of anilines is 1. The van der Waals surface area contributed by atoms with Gasteiger partial charge in [-0.1, -0.05) is 17.8 Å². The number of nitrogens with one attached hydrogen (secondary N) is 1. The zero-order chi connectivity index (χ0) is 21.7. The first-order valence-electron chi connectivity index (χ1n) is 8.73. The van der Waals surface area contributed by atoms with Gasteiger partial charge in [-0.3, -0.25) is 0 Å². The van der Waals surface area contributed by atoms with Crippen molar-refractivity contribution in [3.8, 4) is 11.5 Å². The molecule has 9 nitrogen and oxygen atoms in total. The van der Waals surface area contributed by atoms with Crippen molar-refractivity contribution < 1.29 is 22.7 Å². The molecule has 0 aliphatic carbocycles. The second-order valence-electron chi connectivity index (χ2n) is 6.30. The molecule has 0 atom stereocenters. The lowest BCUT2D eigenvalue weighted by Gasteiger charge is -2.13. The van der Waals surface area contributed by atoms with E-state index in [1.807, 2.05) is 6.07 Å². The summed E-state index contributed by atoms with van der Waals surface area (Å²) >= 11 is 1.37. The van der Waals surface area contributed by atoms with Crippen molar-refractivity contribution in [1.29, 1.82) is 0 Å². The number of hydrogen-bond acceptors (Lipinski definition) is 8. The topological polar surface area (TPSA) is 134 Å². The third-order valence-corrected chi connectivity index (χ3v) is 5.83. The van der Waals surface area contributed by atoms with Crippen LogP contribution in [0.2, 0.25) is 0 Å². The monoisotopic (exact) mass is 448 g/mol. The van der Waals surface area contributed by atoms with E-state index in [0.717, 1.165) is 11.2 Å². The summed E-state index contributed by atoms with van der Waals surface area (Å²) in [5.41, 5.74) is 6.38. The fraction of sp³-hybridized carbons (Fsp3) is 0.211. The van der Waals surface area contributed by atoms with Crippen LogP contribution >= 0.6 is 11.8 Å². The number of carbonyl (C=O) groups is 1. The molecule has 0 fully saturated rings. The molecule has 0 radical (unpaired) electrons. The van der Waals surface area contributed by atoms with Gasteiger partial charge in [-0.25, -0.2) is 23.2 Å². The van der Waals surface area contributed by atoms with Crippen LogP contribution in [0.1, 0.15) is 0 Å². The Kier molecular flexibility index (Phi) is 6.63. The maximum absolute atomic E-state index is 11.4. The van der Waals surface area contributed by atoms with Gasteiger partial charge in [-0.2, -0.15) is 0 Å². The Labute approximate surface area is 177 Å². The Bertz CT molecular complexity index is 1180. The highest BCUT2D eigenvalue weighted by Crippen LogP contribution is 2.37. The summed E-state index contributed by atoms with van der Waals surface area (Å²) in [5, 5.41) is 3.91. The molecule has 3 N–H and O–H groups in total. The van der Waals surface area contributed by atoms with Gasteiger partial charge in [0.2, 0.25) is 0 Å². The number of hydrogen-bond donors (Lipinski definition) is 2. The highest BCUT2D eigenvalue weighted by atomic mass is 32.2. The molecule has 3 rings (SSSR count). The molecule has 158 valence electrons. The molecule has 11 heteroatoms. The van der Waals surface area contributed by atoms with Crippen LogP contribution in [0.5, 0.6) is 11.5 Å². The SMILES string of the molecule is COc1cc2ncnc(Sc3cccc(NC(N)=O)c3)c2cc1OCCS(C)(=O)=O. The van der Waals surface area contributed by atoms with E-state index in [4.69, 9.17) is 15.2 Å². The van der Waals surface area contributed by atoms with Crippen LogP contribution in [0, 0.1) is 0 Å². The molecule has 0 unspecified atom stereocenters. The third-order valence-electron chi connectivity index (χ3n) is 3.91. The minimum atomic E-state index is -3.15. The number of benzene rings is 2. The number of urea groups is 1. The number of ether oxygens (including phenoxy) is 2. The predicted octanol–water partition coefficient (Wildman–Crippen LogP) is 2.70. The van der Waals surface area contributed by atoms with E-state index in [2.05, 4.69) is 15.3 Å². The Balaban J connectivity index is 1.93. The number of aromatic nitrogens is 2. The molecule has 0 aliphatic rings. The zero-order valence-electron chi connectivity index (χ0n) is 16.3. The number of carbonyl (C=O) groups excluding carboxylic acids is 1. The number of methoxy groups -OCH3 is 1. The smallest absolute Gasteiger partial charge is 0.316 e. The second-order valence-corrected chi connectivity index (χ2v) is 9.62. The molecule has 1 aromatic heterocycles. The fourth-order valence-corrected chi connectivity index (χ4v) is 3.90. The maximum Gasteiger partial charge on any atom is 0.316 e. The molecule has 30 heavy (non-hydrogen) atoms. The molecule has 0 bridgehead atoms. The van der Waals surface area contributed by atoms with E-state index in [1.54, 1.807) is 30.3 Å². The summed E-state index contributed by atoms with van der Waals surface area (Å²) in [6.45, 7) is -0.00228. The van der Waals surface area contributed by atoms with Gasteiger partial charge in [0.1, 0.15) is 18.0 Å². The van der Waals surface area contributed by atoms with Gasteiger partial charge in [-0.15, -0.1) is 0 Å². The minimum Gasteiger partial charge on any atom is -0.493 e. The van der Waals surface area contributed by atoms with Crippen LogP contribution in [0.3, 0.4) is 0 Å². The van der Waals surface area contributed by atoms with Gasteiger partial charge in [-0.05, 0) is 24.3 Å². The van der Waals surface area contributed by atoms with Crippen LogP contribution < -0.4 is 20.5 Å². The number of nitrogens with zero attached hydrogens (tertiary/aromatic N) is 2. The number of nitrogens with two attached hydrogens (primary N) is 1. The molecule has 0 saturated heterocycles. The quantitative estimate of drug-likeness (QED) is 0.503. The predicted molar refractivity (Wildman–Crippen MR) is 115 cm³/mol. The van der Waals surface area contributed by atoms with Gasteiger partial charge < -0.3 is 20.5 Å². The lowest BCUT2D eigenvalue weighted by molar-refractivity contribution is 0.259. The fourth-order valence-electron chi connectivity index (χ4n) is 2.59. The average molecular weight is 449 g/mol. The van der Waals surface area contributed by atoms with Crippen LogP contribution in [0.25, 0.3) is 10.9 Å². The van der Waals surface area contributed by atoms with E-state index in [1.165, 1.54) is 25.2 Å². The zero-order valence-corrected chi connectivity index (χ0v) is 17.9. The van der Waals surface area contributed by atoms with E-state index >= 15 is 0 Å². The number of amides is 2. The number of sulfone groups is 1. The van der Waals surface area contributed by atoms with Gasteiger partial charge >= 0.3 is 6.03 Å². The van der Waals surface area contributed by atoms with Crippen molar-refractivity contribution in [3.63, 3.8) is 0 Å². The standard InChI is InChI=1S/C19H20N4O5S2/c1-27-16-10-15-14(9-17(16)28-6-7-30(2,25)26)18(22-11-21-15)29-13-5-3-4-12(8-13)23-19(20)24/h3-5,8-11H,6-7H2,1-2H3,(H3,20,23,24). The largest absolute Gasteiger partial charge is 0.493 e. The summed E-state index contributed by atoms with van der Waals surface area (Å²) in [6.07, 6.45) is 2.59. The maximum atomic E-state index is 11.4. The third kappa shape index (κ3) is 5.74. The first-order chi connectivity index (χ1) is 14.2. The Hall–Kier alpha value is -3.05. The average Bonchev–Trinajstić information content (AvgIpc) is 2.66. The van der Waals surface area contributed by atoms with E-state index < -0.39 is 15.9 Å². The van der Waals surface area contributed by atoms with Crippen molar-refractivity contribution in [2.45, 2.75) is 9.92 Å². The van der Waals surface area contributed by atoms with Gasteiger partial charge in [0.15, 0.2) is 21.3 Å². The van der Waals surface area contributed by atoms with E-state index in [-0.39, 0.29) is 12.4 Å². The number of fused-ring (bicyclic) bond motifs is 1. The first kappa shape index (κ1) is 21.7. The molecule has 3 aromatic rings. The normalized spacial score (nSPS) is 11.3. The van der Waals surface area contributed by atoms with E-state index in [0.29, 0.717) is 33.1 Å². The molecule has 0 saturated carbocycles. The van der Waals surface area contributed by atoms with Gasteiger partial charge in [0.25, 0.3) is 0 Å². The summed E-state index contributed by atoms with van der Waals surface area (Å²) in [6, 6.07) is 9.96. The lowest BCUT2D eigenvalue weighted by Crippen LogP contribution is -2.19. The second kappa shape index (κ2) is 9.18. The Morgan fingerprint density at radius 3 is 2.70 bits per heavy atom. The molecular weight excluding hydrogens is 428 g/mol. The van der Waals surface area contributed by atoms with Crippen LogP contribution in [-0.2, 0) is 9.84 Å². The summed E-state index contributed by atoms with van der Waals surface area (Å²) in [7, 11) is -1.65. The highest BCUT2D eigenvalue weighted by Gasteiger charge is 2.14. The number of primary amides is 1. The summed E-state index contributed by atoms with van der Waals surface area (Å²) in [5.74, 6) is 0.730. The lowest BCUT2D eigenvalue weighted by atomic mass is 10.2. The minimum absolute atomic E-state index is 0.00228.